The first-order valence-electron chi connectivity index (χ1n) is 2.55. The van der Waals surface area contributed by atoms with Crippen LogP contribution in [0.1, 0.15) is 0 Å². The summed E-state index contributed by atoms with van der Waals surface area (Å²) in [5.41, 5.74) is 0. The van der Waals surface area contributed by atoms with Gasteiger partial charge in [0.2, 0.25) is 0 Å². The van der Waals surface area contributed by atoms with Gasteiger partial charge in [0, 0.05) is 0 Å². The number of hydrogen-bond acceptors (Lipinski definition) is 3. The number of alkyl halides is 6. The standard InChI is InChI=1S/C3HF7O3S/c4-1(2(5,6)7,3(8,9)11)14(10,12)13/h11H. The van der Waals surface area contributed by atoms with E-state index in [4.69, 9.17) is 5.11 Å². The van der Waals surface area contributed by atoms with E-state index in [2.05, 4.69) is 0 Å². The molecule has 0 aromatic heterocycles. The van der Waals surface area contributed by atoms with Gasteiger partial charge in [-0.15, -0.1) is 3.89 Å². The smallest absolute Gasteiger partial charge is 0.333 e. The van der Waals surface area contributed by atoms with Crippen LogP contribution in [0, 0.1) is 0 Å². The van der Waals surface area contributed by atoms with E-state index < -0.39 is 27.5 Å². The van der Waals surface area contributed by atoms with Crippen LogP contribution in [0.5, 0.6) is 0 Å². The van der Waals surface area contributed by atoms with Gasteiger partial charge in [-0.1, -0.05) is 0 Å². The van der Waals surface area contributed by atoms with Crippen molar-refractivity contribution in [3.8, 4) is 0 Å². The van der Waals surface area contributed by atoms with Crippen molar-refractivity contribution in [1.29, 1.82) is 0 Å². The van der Waals surface area contributed by atoms with Crippen LogP contribution in [-0.4, -0.2) is 30.8 Å². The molecule has 0 aromatic carbocycles. The third-order valence-corrected chi connectivity index (χ3v) is 2.24. The molecular formula is C3HF7O3S. The van der Waals surface area contributed by atoms with E-state index in [9.17, 15) is 38.6 Å². The molecule has 0 bridgehead atoms. The van der Waals surface area contributed by atoms with Gasteiger partial charge < -0.3 is 5.11 Å². The molecule has 0 fully saturated rings. The summed E-state index contributed by atoms with van der Waals surface area (Å²) in [6.07, 6.45) is -13.2. The van der Waals surface area contributed by atoms with Crippen molar-refractivity contribution in [3.05, 3.63) is 0 Å². The van der Waals surface area contributed by atoms with Crippen LogP contribution in [0.3, 0.4) is 0 Å². The summed E-state index contributed by atoms with van der Waals surface area (Å²) in [6, 6.07) is 0. The highest BCUT2D eigenvalue weighted by atomic mass is 32.3. The third kappa shape index (κ3) is 1.78. The number of aliphatic hydroxyl groups is 1. The average molecular weight is 250 g/mol. The Morgan fingerprint density at radius 3 is 1.21 bits per heavy atom. The maximum absolute atomic E-state index is 12.2. The average Bonchev–Trinajstić information content (AvgIpc) is 1.77. The van der Waals surface area contributed by atoms with E-state index in [0.29, 0.717) is 0 Å². The molecule has 0 heterocycles. The molecule has 0 aromatic rings. The van der Waals surface area contributed by atoms with Crippen molar-refractivity contribution in [2.45, 2.75) is 17.3 Å². The lowest BCUT2D eigenvalue weighted by atomic mass is 10.3. The van der Waals surface area contributed by atoms with Crippen LogP contribution in [0.25, 0.3) is 0 Å². The molecule has 0 aliphatic heterocycles. The predicted octanol–water partition coefficient (Wildman–Crippen LogP) is 1.10. The number of halogens is 7. The highest BCUT2D eigenvalue weighted by molar-refractivity contribution is 7.87. The molecule has 0 radical (unpaired) electrons. The summed E-state index contributed by atoms with van der Waals surface area (Å²) >= 11 is 0. The molecule has 0 rings (SSSR count). The summed E-state index contributed by atoms with van der Waals surface area (Å²) in [5.74, 6) is 0. The zero-order chi connectivity index (χ0) is 12.0. The predicted molar refractivity (Wildman–Crippen MR) is 27.1 cm³/mol. The van der Waals surface area contributed by atoms with Crippen LogP contribution in [-0.2, 0) is 10.2 Å². The summed E-state index contributed by atoms with van der Waals surface area (Å²) in [4.78, 5) is 0. The van der Waals surface area contributed by atoms with Gasteiger partial charge in [0.15, 0.2) is 0 Å². The molecule has 0 saturated heterocycles. The Morgan fingerprint density at radius 1 is 0.929 bits per heavy atom. The second kappa shape index (κ2) is 2.95. The molecule has 0 aliphatic rings. The van der Waals surface area contributed by atoms with Crippen molar-refractivity contribution in [2.24, 2.45) is 0 Å². The highest BCUT2D eigenvalue weighted by Gasteiger charge is 2.80. The molecule has 11 heteroatoms. The normalized spacial score (nSPS) is 19.1. The first kappa shape index (κ1) is 13.4. The summed E-state index contributed by atoms with van der Waals surface area (Å²) in [5, 5.41) is 0.701. The van der Waals surface area contributed by atoms with Crippen molar-refractivity contribution in [1.82, 2.24) is 0 Å². The largest absolute Gasteiger partial charge is 0.449 e. The molecule has 1 atom stereocenters. The van der Waals surface area contributed by atoms with Crippen LogP contribution >= 0.6 is 0 Å². The monoisotopic (exact) mass is 250 g/mol. The van der Waals surface area contributed by atoms with Crippen molar-refractivity contribution in [2.75, 3.05) is 0 Å². The van der Waals surface area contributed by atoms with E-state index in [1.54, 1.807) is 0 Å². The minimum atomic E-state index is -7.37. The Bertz CT molecular complexity index is 296. The van der Waals surface area contributed by atoms with Crippen molar-refractivity contribution in [3.63, 3.8) is 0 Å². The minimum Gasteiger partial charge on any atom is -0.333 e. The van der Waals surface area contributed by atoms with Crippen LogP contribution in [0.15, 0.2) is 0 Å². The van der Waals surface area contributed by atoms with Crippen molar-refractivity contribution >= 4 is 10.2 Å². The van der Waals surface area contributed by atoms with Crippen LogP contribution < -0.4 is 0 Å². The van der Waals surface area contributed by atoms with Crippen LogP contribution in [0.2, 0.25) is 0 Å². The zero-order valence-electron chi connectivity index (χ0n) is 5.82. The summed E-state index contributed by atoms with van der Waals surface area (Å²) in [7, 11) is -7.37. The lowest BCUT2D eigenvalue weighted by molar-refractivity contribution is -0.336. The topological polar surface area (TPSA) is 54.4 Å². The van der Waals surface area contributed by atoms with Gasteiger partial charge in [-0.2, -0.15) is 30.4 Å². The highest BCUT2D eigenvalue weighted by Crippen LogP contribution is 2.48. The van der Waals surface area contributed by atoms with Gasteiger partial charge in [0.1, 0.15) is 0 Å². The fourth-order valence-electron chi connectivity index (χ4n) is 0.455. The maximum Gasteiger partial charge on any atom is 0.449 e. The molecule has 0 saturated carbocycles. The Morgan fingerprint density at radius 2 is 1.21 bits per heavy atom. The second-order valence-corrected chi connectivity index (χ2v) is 3.51. The van der Waals surface area contributed by atoms with Gasteiger partial charge in [0.05, 0.1) is 0 Å². The molecule has 86 valence electrons. The molecule has 0 spiro atoms. The Labute approximate surface area is 72.3 Å². The minimum absolute atomic E-state index is 6.43. The molecule has 1 N–H and O–H groups in total. The summed E-state index contributed by atoms with van der Waals surface area (Å²) < 4.78 is 101. The van der Waals surface area contributed by atoms with E-state index in [0.717, 1.165) is 0 Å². The Balaban J connectivity index is 5.81. The fourth-order valence-corrected chi connectivity index (χ4v) is 1.03. The SMILES string of the molecule is O=S(=O)(F)C(F)(C(O)(F)F)C(F)(F)F. The van der Waals surface area contributed by atoms with Gasteiger partial charge >= 0.3 is 27.5 Å². The van der Waals surface area contributed by atoms with Gasteiger partial charge in [-0.05, 0) is 0 Å². The van der Waals surface area contributed by atoms with Gasteiger partial charge in [0.25, 0.3) is 0 Å². The molecule has 14 heavy (non-hydrogen) atoms. The first-order valence-corrected chi connectivity index (χ1v) is 3.93. The van der Waals surface area contributed by atoms with Gasteiger partial charge in [-0.25, -0.2) is 4.39 Å². The lowest BCUT2D eigenvalue weighted by Gasteiger charge is -2.26. The van der Waals surface area contributed by atoms with E-state index in [1.165, 1.54) is 0 Å². The maximum atomic E-state index is 12.2. The molecule has 3 nitrogen and oxygen atoms in total. The number of rotatable bonds is 2. The van der Waals surface area contributed by atoms with E-state index >= 15 is 0 Å². The Hall–Kier alpha value is -0.580. The number of hydrogen-bond donors (Lipinski definition) is 1. The first-order chi connectivity index (χ1) is 5.75. The zero-order valence-corrected chi connectivity index (χ0v) is 6.63. The van der Waals surface area contributed by atoms with E-state index in [1.807, 2.05) is 0 Å². The second-order valence-electron chi connectivity index (χ2n) is 2.07. The molecular weight excluding hydrogens is 249 g/mol. The lowest BCUT2D eigenvalue weighted by Crippen LogP contribution is -2.59. The molecule has 0 aliphatic carbocycles. The molecule has 1 unspecified atom stereocenters. The van der Waals surface area contributed by atoms with Gasteiger partial charge in [-0.3, -0.25) is 0 Å². The molecule has 0 amide bonds. The fraction of sp³-hybridized carbons (Fsp3) is 1.00. The van der Waals surface area contributed by atoms with Crippen molar-refractivity contribution < 1.29 is 43.8 Å². The third-order valence-electron chi connectivity index (χ3n) is 1.09. The summed E-state index contributed by atoms with van der Waals surface area (Å²) in [6.45, 7) is 0. The Kier molecular flexibility index (Phi) is 2.83. The van der Waals surface area contributed by atoms with Crippen LogP contribution in [0.4, 0.5) is 30.2 Å². The van der Waals surface area contributed by atoms with E-state index in [-0.39, 0.29) is 0 Å². The quantitative estimate of drug-likeness (QED) is 0.589.